The van der Waals surface area contributed by atoms with Gasteiger partial charge in [-0.15, -0.1) is 0 Å². The van der Waals surface area contributed by atoms with E-state index in [0.717, 1.165) is 48.7 Å². The number of benzene rings is 3. The van der Waals surface area contributed by atoms with E-state index < -0.39 is 17.8 Å². The van der Waals surface area contributed by atoms with E-state index in [1.165, 1.54) is 6.07 Å². The fraction of sp³-hybridized carbons (Fsp3) is 0.429. The zero-order valence-electron chi connectivity index (χ0n) is 25.1. The SMILES string of the molecule is Cc1cccc(F)c1C(=O)N1CCCC(C(=O)Nc2cccc(C(C)(C)C)c2)C1c1ccc(NCC2CCOC2)cc1. The molecule has 3 aromatic rings. The second-order valence-corrected chi connectivity index (χ2v) is 12.7. The number of nitrogens with zero attached hydrogens (tertiary/aromatic N) is 1. The number of carbonyl (C=O) groups is 2. The highest BCUT2D eigenvalue weighted by atomic mass is 19.1. The maximum atomic E-state index is 15.0. The molecule has 0 spiro atoms. The molecule has 5 rings (SSSR count). The third-order valence-electron chi connectivity index (χ3n) is 8.53. The van der Waals surface area contributed by atoms with Crippen molar-refractivity contribution >= 4 is 23.2 Å². The lowest BCUT2D eigenvalue weighted by Crippen LogP contribution is -2.46. The van der Waals surface area contributed by atoms with Crippen molar-refractivity contribution in [1.29, 1.82) is 0 Å². The Morgan fingerprint density at radius 2 is 1.76 bits per heavy atom. The molecule has 0 bridgehead atoms. The quantitative estimate of drug-likeness (QED) is 0.317. The molecule has 2 aliphatic heterocycles. The van der Waals surface area contributed by atoms with Crippen LogP contribution in [-0.4, -0.2) is 43.0 Å². The van der Waals surface area contributed by atoms with E-state index in [2.05, 4.69) is 37.5 Å². The summed E-state index contributed by atoms with van der Waals surface area (Å²) in [5, 5.41) is 6.62. The lowest BCUT2D eigenvalue weighted by Gasteiger charge is -2.41. The minimum Gasteiger partial charge on any atom is -0.385 e. The predicted molar refractivity (Wildman–Crippen MR) is 165 cm³/mol. The number of nitrogens with one attached hydrogen (secondary N) is 2. The largest absolute Gasteiger partial charge is 0.385 e. The molecule has 2 fully saturated rings. The van der Waals surface area contributed by atoms with Crippen LogP contribution in [-0.2, 0) is 14.9 Å². The van der Waals surface area contributed by atoms with Gasteiger partial charge < -0.3 is 20.3 Å². The average Bonchev–Trinajstić information content (AvgIpc) is 3.49. The summed E-state index contributed by atoms with van der Waals surface area (Å²) in [5.41, 5.74) is 4.28. The van der Waals surface area contributed by atoms with Crippen LogP contribution in [0, 0.1) is 24.6 Å². The molecule has 2 saturated heterocycles. The third kappa shape index (κ3) is 6.67. The molecule has 0 aliphatic carbocycles. The topological polar surface area (TPSA) is 70.7 Å². The Morgan fingerprint density at radius 3 is 2.45 bits per heavy atom. The predicted octanol–water partition coefficient (Wildman–Crippen LogP) is 7.11. The van der Waals surface area contributed by atoms with Crippen molar-refractivity contribution in [3.8, 4) is 0 Å². The number of rotatable bonds is 7. The molecule has 3 unspecified atom stereocenters. The van der Waals surface area contributed by atoms with Crippen molar-refractivity contribution in [1.82, 2.24) is 4.90 Å². The maximum absolute atomic E-state index is 15.0. The first kappa shape index (κ1) is 29.8. The Bertz CT molecular complexity index is 1390. The number of anilines is 2. The number of hydrogen-bond acceptors (Lipinski definition) is 4. The van der Waals surface area contributed by atoms with Crippen LogP contribution in [0.1, 0.15) is 73.1 Å². The summed E-state index contributed by atoms with van der Waals surface area (Å²) in [5.74, 6) is -1.07. The van der Waals surface area contributed by atoms with E-state index in [9.17, 15) is 14.0 Å². The molecule has 6 nitrogen and oxygen atoms in total. The molecule has 0 saturated carbocycles. The number of aryl methyl sites for hydroxylation is 1. The van der Waals surface area contributed by atoms with Crippen molar-refractivity contribution < 1.29 is 18.7 Å². The van der Waals surface area contributed by atoms with Crippen molar-refractivity contribution in [3.05, 3.63) is 94.8 Å². The Kier molecular flexibility index (Phi) is 8.97. The normalized spacial score (nSPS) is 20.8. The fourth-order valence-electron chi connectivity index (χ4n) is 6.06. The Morgan fingerprint density at radius 1 is 1.00 bits per heavy atom. The number of piperidine rings is 1. The zero-order valence-corrected chi connectivity index (χ0v) is 25.1. The fourth-order valence-corrected chi connectivity index (χ4v) is 6.06. The van der Waals surface area contributed by atoms with Crippen LogP contribution >= 0.6 is 0 Å². The molecular formula is C35H42FN3O3. The Labute approximate surface area is 248 Å². The van der Waals surface area contributed by atoms with Gasteiger partial charge in [-0.3, -0.25) is 9.59 Å². The Balaban J connectivity index is 1.44. The zero-order chi connectivity index (χ0) is 29.9. The molecule has 3 aromatic carbocycles. The van der Waals surface area contributed by atoms with Crippen LogP contribution in [0.4, 0.5) is 15.8 Å². The first-order chi connectivity index (χ1) is 20.1. The van der Waals surface area contributed by atoms with Crippen LogP contribution in [0.25, 0.3) is 0 Å². The molecular weight excluding hydrogens is 529 g/mol. The van der Waals surface area contributed by atoms with E-state index in [4.69, 9.17) is 4.74 Å². The molecule has 0 radical (unpaired) electrons. The molecule has 222 valence electrons. The lowest BCUT2D eigenvalue weighted by molar-refractivity contribution is -0.123. The summed E-state index contributed by atoms with van der Waals surface area (Å²) in [6, 6.07) is 20.0. The molecule has 2 aliphatic rings. The van der Waals surface area contributed by atoms with E-state index in [1.54, 1.807) is 24.0 Å². The van der Waals surface area contributed by atoms with Gasteiger partial charge in [-0.1, -0.05) is 57.2 Å². The number of hydrogen-bond donors (Lipinski definition) is 2. The monoisotopic (exact) mass is 571 g/mol. The van der Waals surface area contributed by atoms with Gasteiger partial charge in [-0.25, -0.2) is 4.39 Å². The minimum absolute atomic E-state index is 0.0600. The van der Waals surface area contributed by atoms with Gasteiger partial charge in [0, 0.05) is 37.0 Å². The third-order valence-corrected chi connectivity index (χ3v) is 8.53. The average molecular weight is 572 g/mol. The van der Waals surface area contributed by atoms with Gasteiger partial charge in [0.05, 0.1) is 24.1 Å². The number of halogens is 1. The van der Waals surface area contributed by atoms with Crippen molar-refractivity contribution in [2.45, 2.75) is 58.4 Å². The van der Waals surface area contributed by atoms with E-state index in [-0.39, 0.29) is 22.8 Å². The molecule has 2 heterocycles. The highest BCUT2D eigenvalue weighted by molar-refractivity contribution is 5.98. The minimum atomic E-state index is -0.542. The molecule has 3 atom stereocenters. The summed E-state index contributed by atoms with van der Waals surface area (Å²) in [4.78, 5) is 29.6. The number of ether oxygens (including phenoxy) is 1. The summed E-state index contributed by atoms with van der Waals surface area (Å²) in [7, 11) is 0. The van der Waals surface area contributed by atoms with Crippen LogP contribution in [0.3, 0.4) is 0 Å². The molecule has 2 amide bonds. The van der Waals surface area contributed by atoms with Crippen molar-refractivity contribution in [3.63, 3.8) is 0 Å². The number of carbonyl (C=O) groups excluding carboxylic acids is 2. The summed E-state index contributed by atoms with van der Waals surface area (Å²) >= 11 is 0. The van der Waals surface area contributed by atoms with Crippen molar-refractivity contribution in [2.24, 2.45) is 11.8 Å². The molecule has 7 heteroatoms. The van der Waals surface area contributed by atoms with Gasteiger partial charge in [-0.2, -0.15) is 0 Å². The van der Waals surface area contributed by atoms with Gasteiger partial charge in [-0.05, 0) is 78.6 Å². The van der Waals surface area contributed by atoms with Gasteiger partial charge in [0.25, 0.3) is 5.91 Å². The van der Waals surface area contributed by atoms with E-state index in [0.29, 0.717) is 30.9 Å². The number of amides is 2. The lowest BCUT2D eigenvalue weighted by atomic mass is 9.83. The van der Waals surface area contributed by atoms with Crippen LogP contribution in [0.5, 0.6) is 0 Å². The summed E-state index contributed by atoms with van der Waals surface area (Å²) in [6.45, 7) is 11.0. The van der Waals surface area contributed by atoms with E-state index >= 15 is 0 Å². The summed E-state index contributed by atoms with van der Waals surface area (Å²) < 4.78 is 20.5. The smallest absolute Gasteiger partial charge is 0.257 e. The standard InChI is InChI=1S/C35H42FN3O3/c1-23-8-5-12-30(36)31(23)34(41)39-18-7-11-29(33(40)38-28-10-6-9-26(20-28)35(2,3)4)32(39)25-13-15-27(16-14-25)37-21-24-17-19-42-22-24/h5-6,8-10,12-16,20,24,29,32,37H,7,11,17-19,21-22H2,1-4H3,(H,38,40). The molecule has 0 aromatic heterocycles. The van der Waals surface area contributed by atoms with Gasteiger partial charge in [0.15, 0.2) is 0 Å². The molecule has 2 N–H and O–H groups in total. The van der Waals surface area contributed by atoms with Crippen LogP contribution in [0.15, 0.2) is 66.7 Å². The highest BCUT2D eigenvalue weighted by Gasteiger charge is 2.40. The first-order valence-electron chi connectivity index (χ1n) is 15.0. The first-order valence-corrected chi connectivity index (χ1v) is 15.0. The summed E-state index contributed by atoms with van der Waals surface area (Å²) in [6.07, 6.45) is 2.32. The second-order valence-electron chi connectivity index (χ2n) is 12.7. The van der Waals surface area contributed by atoms with Gasteiger partial charge >= 0.3 is 0 Å². The number of likely N-dealkylation sites (tertiary alicyclic amines) is 1. The maximum Gasteiger partial charge on any atom is 0.257 e. The van der Waals surface area contributed by atoms with E-state index in [1.807, 2.05) is 42.5 Å². The Hall–Kier alpha value is -3.71. The highest BCUT2D eigenvalue weighted by Crippen LogP contribution is 2.39. The van der Waals surface area contributed by atoms with Crippen molar-refractivity contribution in [2.75, 3.05) is 36.9 Å². The molecule has 42 heavy (non-hydrogen) atoms. The van der Waals surface area contributed by atoms with Crippen LogP contribution < -0.4 is 10.6 Å². The van der Waals surface area contributed by atoms with Gasteiger partial charge in [0.2, 0.25) is 5.91 Å². The van der Waals surface area contributed by atoms with Gasteiger partial charge in [0.1, 0.15) is 5.82 Å². The second kappa shape index (κ2) is 12.7. The van der Waals surface area contributed by atoms with Crippen LogP contribution in [0.2, 0.25) is 0 Å².